The molecule has 72 valence electrons. The monoisotopic (exact) mass is 180 g/mol. The maximum atomic E-state index is 5.68. The third-order valence-corrected chi connectivity index (χ3v) is 2.10. The molecule has 4 heteroatoms. The predicted molar refractivity (Wildman–Crippen MR) is 54.4 cm³/mol. The van der Waals surface area contributed by atoms with Crippen molar-refractivity contribution in [3.63, 3.8) is 0 Å². The molecule has 0 saturated carbocycles. The minimum Gasteiger partial charge on any atom is -0.394 e. The molecule has 1 rings (SSSR count). The summed E-state index contributed by atoms with van der Waals surface area (Å²) < 4.78 is 0. The minimum absolute atomic E-state index is 0.359. The first-order valence-corrected chi connectivity index (χ1v) is 4.43. The lowest BCUT2D eigenvalue weighted by molar-refractivity contribution is 0.558. The van der Waals surface area contributed by atoms with Gasteiger partial charge in [-0.15, -0.1) is 0 Å². The van der Waals surface area contributed by atoms with Crippen LogP contribution >= 0.6 is 0 Å². The van der Waals surface area contributed by atoms with Gasteiger partial charge in [-0.1, -0.05) is 13.8 Å². The van der Waals surface area contributed by atoms with Gasteiger partial charge >= 0.3 is 0 Å². The molecule has 1 aromatic heterocycles. The Morgan fingerprint density at radius 2 is 2.08 bits per heavy atom. The van der Waals surface area contributed by atoms with E-state index in [0.717, 1.165) is 5.82 Å². The van der Waals surface area contributed by atoms with E-state index in [4.69, 9.17) is 5.73 Å². The molecule has 1 atom stereocenters. The molecule has 0 saturated heterocycles. The highest BCUT2D eigenvalue weighted by Crippen LogP contribution is 2.15. The maximum Gasteiger partial charge on any atom is 0.152 e. The first-order chi connectivity index (χ1) is 6.11. The average molecular weight is 180 g/mol. The number of hydrogen-bond acceptors (Lipinski definition) is 4. The highest BCUT2D eigenvalue weighted by atomic mass is 15.1. The molecule has 0 aliphatic rings. The van der Waals surface area contributed by atoms with Gasteiger partial charge in [0.05, 0.1) is 11.9 Å². The quantitative estimate of drug-likeness (QED) is 0.740. The lowest BCUT2D eigenvalue weighted by Crippen LogP contribution is -2.22. The van der Waals surface area contributed by atoms with Gasteiger partial charge in [0.2, 0.25) is 0 Å². The molecule has 1 unspecified atom stereocenters. The molecule has 1 heterocycles. The molecule has 13 heavy (non-hydrogen) atoms. The van der Waals surface area contributed by atoms with Gasteiger partial charge < -0.3 is 11.1 Å². The summed E-state index contributed by atoms with van der Waals surface area (Å²) in [5, 5.41) is 3.23. The van der Waals surface area contributed by atoms with Gasteiger partial charge in [-0.25, -0.2) is 9.97 Å². The van der Waals surface area contributed by atoms with Crippen LogP contribution in [0.5, 0.6) is 0 Å². The van der Waals surface area contributed by atoms with E-state index >= 15 is 0 Å². The second-order valence-electron chi connectivity index (χ2n) is 3.50. The molecule has 3 N–H and O–H groups in total. The van der Waals surface area contributed by atoms with Gasteiger partial charge in [0.15, 0.2) is 5.82 Å². The second kappa shape index (κ2) is 4.07. The molecule has 0 aromatic carbocycles. The Hall–Kier alpha value is -1.32. The number of nitrogens with one attached hydrogen (secondary N) is 1. The Bertz CT molecular complexity index is 272. The van der Waals surface area contributed by atoms with Gasteiger partial charge in [0.1, 0.15) is 6.33 Å². The highest BCUT2D eigenvalue weighted by molar-refractivity contribution is 5.59. The fourth-order valence-electron chi connectivity index (χ4n) is 0.843. The van der Waals surface area contributed by atoms with E-state index in [9.17, 15) is 0 Å². The van der Waals surface area contributed by atoms with Gasteiger partial charge in [0, 0.05) is 6.04 Å². The van der Waals surface area contributed by atoms with Crippen molar-refractivity contribution in [1.82, 2.24) is 9.97 Å². The Morgan fingerprint density at radius 3 is 2.62 bits per heavy atom. The van der Waals surface area contributed by atoms with Gasteiger partial charge in [-0.3, -0.25) is 0 Å². The Balaban J connectivity index is 2.69. The standard InChI is InChI=1S/C9H16N4/c1-6(2)7(3)13-9-8(10)4-11-5-12-9/h4-7H,10H2,1-3H3,(H,11,12,13). The number of nitrogen functional groups attached to an aromatic ring is 1. The Kier molecular flexibility index (Phi) is 3.06. The van der Waals surface area contributed by atoms with Crippen molar-refractivity contribution in [1.29, 1.82) is 0 Å². The number of hydrogen-bond donors (Lipinski definition) is 2. The third kappa shape index (κ3) is 2.57. The van der Waals surface area contributed by atoms with Crippen LogP contribution < -0.4 is 11.1 Å². The molecule has 0 bridgehead atoms. The minimum atomic E-state index is 0.359. The third-order valence-electron chi connectivity index (χ3n) is 2.10. The van der Waals surface area contributed by atoms with E-state index in [0.29, 0.717) is 17.6 Å². The van der Waals surface area contributed by atoms with E-state index in [1.165, 1.54) is 6.33 Å². The van der Waals surface area contributed by atoms with Crippen LogP contribution in [0.2, 0.25) is 0 Å². The molecular formula is C9H16N4. The van der Waals surface area contributed by atoms with Crippen LogP contribution in [0.15, 0.2) is 12.5 Å². The number of nitrogens with two attached hydrogens (primary N) is 1. The molecule has 0 radical (unpaired) electrons. The van der Waals surface area contributed by atoms with Crippen molar-refractivity contribution in [2.24, 2.45) is 5.92 Å². The van der Waals surface area contributed by atoms with E-state index in [2.05, 4.69) is 36.1 Å². The summed E-state index contributed by atoms with van der Waals surface area (Å²) in [7, 11) is 0. The van der Waals surface area contributed by atoms with Crippen LogP contribution in [0.25, 0.3) is 0 Å². The van der Waals surface area contributed by atoms with Crippen LogP contribution in [0.3, 0.4) is 0 Å². The highest BCUT2D eigenvalue weighted by Gasteiger charge is 2.08. The SMILES string of the molecule is CC(C)C(C)Nc1ncncc1N. The summed E-state index contributed by atoms with van der Waals surface area (Å²) in [6.45, 7) is 6.40. The largest absolute Gasteiger partial charge is 0.394 e. The van der Waals surface area contributed by atoms with Crippen molar-refractivity contribution in [2.45, 2.75) is 26.8 Å². The molecule has 0 aliphatic carbocycles. The molecule has 1 aromatic rings. The molecular weight excluding hydrogens is 164 g/mol. The lowest BCUT2D eigenvalue weighted by Gasteiger charge is -2.18. The van der Waals surface area contributed by atoms with Gasteiger partial charge in [-0.2, -0.15) is 0 Å². The van der Waals surface area contributed by atoms with Crippen molar-refractivity contribution >= 4 is 11.5 Å². The van der Waals surface area contributed by atoms with Crippen molar-refractivity contribution < 1.29 is 0 Å². The Labute approximate surface area is 78.6 Å². The van der Waals surface area contributed by atoms with Crippen molar-refractivity contribution in [2.75, 3.05) is 11.1 Å². The van der Waals surface area contributed by atoms with Crippen LogP contribution in [0.1, 0.15) is 20.8 Å². The molecule has 4 nitrogen and oxygen atoms in total. The summed E-state index contributed by atoms with van der Waals surface area (Å²) >= 11 is 0. The fourth-order valence-corrected chi connectivity index (χ4v) is 0.843. The zero-order valence-corrected chi connectivity index (χ0v) is 8.28. The van der Waals surface area contributed by atoms with Crippen LogP contribution in [-0.4, -0.2) is 16.0 Å². The zero-order chi connectivity index (χ0) is 9.84. The molecule has 0 spiro atoms. The number of nitrogens with zero attached hydrogens (tertiary/aromatic N) is 2. The fraction of sp³-hybridized carbons (Fsp3) is 0.556. The van der Waals surface area contributed by atoms with E-state index < -0.39 is 0 Å². The first-order valence-electron chi connectivity index (χ1n) is 4.43. The number of rotatable bonds is 3. The normalized spacial score (nSPS) is 12.9. The summed E-state index contributed by atoms with van der Waals surface area (Å²) in [5.74, 6) is 1.27. The van der Waals surface area contributed by atoms with Gasteiger partial charge in [-0.05, 0) is 12.8 Å². The summed E-state index contributed by atoms with van der Waals surface area (Å²) in [6, 6.07) is 0.359. The number of aromatic nitrogens is 2. The molecule has 0 aliphatic heterocycles. The Morgan fingerprint density at radius 1 is 1.38 bits per heavy atom. The second-order valence-corrected chi connectivity index (χ2v) is 3.50. The van der Waals surface area contributed by atoms with Crippen molar-refractivity contribution in [3.05, 3.63) is 12.5 Å². The van der Waals surface area contributed by atoms with Crippen LogP contribution in [0.4, 0.5) is 11.5 Å². The maximum absolute atomic E-state index is 5.68. The number of anilines is 2. The predicted octanol–water partition coefficient (Wildman–Crippen LogP) is 1.52. The molecule has 0 amide bonds. The molecule has 0 fully saturated rings. The van der Waals surface area contributed by atoms with E-state index in [-0.39, 0.29) is 0 Å². The van der Waals surface area contributed by atoms with Crippen LogP contribution in [-0.2, 0) is 0 Å². The van der Waals surface area contributed by atoms with Crippen molar-refractivity contribution in [3.8, 4) is 0 Å². The smallest absolute Gasteiger partial charge is 0.152 e. The zero-order valence-electron chi connectivity index (χ0n) is 8.28. The summed E-state index contributed by atoms with van der Waals surface area (Å²) in [5.41, 5.74) is 6.27. The topological polar surface area (TPSA) is 63.8 Å². The van der Waals surface area contributed by atoms with E-state index in [1.807, 2.05) is 0 Å². The first kappa shape index (κ1) is 9.77. The average Bonchev–Trinajstić information content (AvgIpc) is 2.08. The van der Waals surface area contributed by atoms with Crippen LogP contribution in [0, 0.1) is 5.92 Å². The van der Waals surface area contributed by atoms with Gasteiger partial charge in [0.25, 0.3) is 0 Å². The summed E-state index contributed by atoms with van der Waals surface area (Å²) in [4.78, 5) is 7.87. The summed E-state index contributed by atoms with van der Waals surface area (Å²) in [6.07, 6.45) is 3.09. The lowest BCUT2D eigenvalue weighted by atomic mass is 10.1. The van der Waals surface area contributed by atoms with E-state index in [1.54, 1.807) is 6.20 Å².